The van der Waals surface area contributed by atoms with Gasteiger partial charge < -0.3 is 19.9 Å². The van der Waals surface area contributed by atoms with Crippen LogP contribution in [-0.4, -0.2) is 36.4 Å². The predicted molar refractivity (Wildman–Crippen MR) is 52.4 cm³/mol. The van der Waals surface area contributed by atoms with Crippen molar-refractivity contribution in [1.29, 1.82) is 0 Å². The molecule has 1 aromatic rings. The van der Waals surface area contributed by atoms with E-state index in [2.05, 4.69) is 15.0 Å². The smallest absolute Gasteiger partial charge is 0.266 e. The highest BCUT2D eigenvalue weighted by Gasteiger charge is 2.45. The number of ether oxygens (including phenoxy) is 1. The van der Waals surface area contributed by atoms with E-state index in [1.165, 1.54) is 0 Å². The summed E-state index contributed by atoms with van der Waals surface area (Å²) in [6.07, 6.45) is 1.88. The third kappa shape index (κ3) is 1.59. The first-order chi connectivity index (χ1) is 7.28. The van der Waals surface area contributed by atoms with Gasteiger partial charge in [0.15, 0.2) is 0 Å². The lowest BCUT2D eigenvalue weighted by Crippen LogP contribution is -2.37. The highest BCUT2D eigenvalue weighted by molar-refractivity contribution is 5.30. The van der Waals surface area contributed by atoms with E-state index >= 15 is 0 Å². The Kier molecular flexibility index (Phi) is 1.93. The van der Waals surface area contributed by atoms with Crippen LogP contribution in [-0.2, 0) is 10.3 Å². The van der Waals surface area contributed by atoms with Crippen LogP contribution in [0.5, 0.6) is 0 Å². The van der Waals surface area contributed by atoms with Gasteiger partial charge in [0.05, 0.1) is 18.8 Å². The summed E-state index contributed by atoms with van der Waals surface area (Å²) < 4.78 is 10.4. The first-order valence-electron chi connectivity index (χ1n) is 5.24. The standard InChI is InChI=1S/C9H14N4O2/c10-9(1-2-9)7-11-8(12-15-7)13-3-5-14-6-4-13/h1-6,10H2. The van der Waals surface area contributed by atoms with Gasteiger partial charge in [-0.1, -0.05) is 0 Å². The summed E-state index contributed by atoms with van der Waals surface area (Å²) in [6, 6.07) is 0. The number of morpholine rings is 1. The van der Waals surface area contributed by atoms with Gasteiger partial charge in [-0.15, -0.1) is 0 Å². The Morgan fingerprint density at radius 2 is 2.00 bits per heavy atom. The zero-order chi connectivity index (χ0) is 10.3. The van der Waals surface area contributed by atoms with Crippen molar-refractivity contribution in [1.82, 2.24) is 10.1 Å². The molecule has 6 nitrogen and oxygen atoms in total. The van der Waals surface area contributed by atoms with Gasteiger partial charge in [-0.25, -0.2) is 0 Å². The third-order valence-corrected chi connectivity index (χ3v) is 2.92. The fourth-order valence-corrected chi connectivity index (χ4v) is 1.66. The number of hydrogen-bond donors (Lipinski definition) is 1. The predicted octanol–water partition coefficient (Wildman–Crippen LogP) is -0.146. The molecule has 0 radical (unpaired) electrons. The van der Waals surface area contributed by atoms with Gasteiger partial charge in [0.25, 0.3) is 5.95 Å². The second-order valence-electron chi connectivity index (χ2n) is 4.16. The van der Waals surface area contributed by atoms with E-state index in [0.717, 1.165) is 39.1 Å². The molecule has 1 saturated carbocycles. The van der Waals surface area contributed by atoms with Gasteiger partial charge in [0.2, 0.25) is 5.89 Å². The van der Waals surface area contributed by atoms with Gasteiger partial charge in [-0.05, 0) is 18.0 Å². The molecular weight excluding hydrogens is 196 g/mol. The minimum atomic E-state index is -0.336. The molecule has 0 spiro atoms. The lowest BCUT2D eigenvalue weighted by atomic mass is 10.3. The molecule has 3 rings (SSSR count). The Morgan fingerprint density at radius 3 is 2.67 bits per heavy atom. The topological polar surface area (TPSA) is 77.4 Å². The molecule has 2 heterocycles. The molecule has 2 aliphatic rings. The average molecular weight is 210 g/mol. The van der Waals surface area contributed by atoms with Gasteiger partial charge >= 0.3 is 0 Å². The highest BCUT2D eigenvalue weighted by Crippen LogP contribution is 2.42. The fourth-order valence-electron chi connectivity index (χ4n) is 1.66. The van der Waals surface area contributed by atoms with Crippen molar-refractivity contribution >= 4 is 5.95 Å². The van der Waals surface area contributed by atoms with Crippen LogP contribution in [0.25, 0.3) is 0 Å². The second-order valence-corrected chi connectivity index (χ2v) is 4.16. The lowest BCUT2D eigenvalue weighted by molar-refractivity contribution is 0.121. The van der Waals surface area contributed by atoms with Crippen LogP contribution in [0.15, 0.2) is 4.52 Å². The van der Waals surface area contributed by atoms with E-state index in [-0.39, 0.29) is 5.54 Å². The third-order valence-electron chi connectivity index (χ3n) is 2.92. The zero-order valence-electron chi connectivity index (χ0n) is 8.48. The van der Waals surface area contributed by atoms with Crippen LogP contribution in [0, 0.1) is 0 Å². The first kappa shape index (κ1) is 9.11. The summed E-state index contributed by atoms with van der Waals surface area (Å²) in [5, 5.41) is 3.95. The van der Waals surface area contributed by atoms with Crippen molar-refractivity contribution < 1.29 is 9.26 Å². The van der Waals surface area contributed by atoms with E-state index in [0.29, 0.717) is 11.8 Å². The molecule has 1 aliphatic carbocycles. The monoisotopic (exact) mass is 210 g/mol. The number of aromatic nitrogens is 2. The molecule has 1 saturated heterocycles. The molecule has 6 heteroatoms. The van der Waals surface area contributed by atoms with Crippen LogP contribution >= 0.6 is 0 Å². The Hall–Kier alpha value is -1.14. The highest BCUT2D eigenvalue weighted by atomic mass is 16.5. The Morgan fingerprint density at radius 1 is 1.27 bits per heavy atom. The number of rotatable bonds is 2. The number of hydrogen-bond acceptors (Lipinski definition) is 6. The number of nitrogens with zero attached hydrogens (tertiary/aromatic N) is 3. The van der Waals surface area contributed by atoms with Gasteiger partial charge in [-0.2, -0.15) is 4.98 Å². The van der Waals surface area contributed by atoms with Crippen molar-refractivity contribution in [2.75, 3.05) is 31.2 Å². The molecule has 82 valence electrons. The SMILES string of the molecule is NC1(c2nc(N3CCOCC3)no2)CC1. The van der Waals surface area contributed by atoms with Gasteiger partial charge in [0, 0.05) is 13.1 Å². The molecule has 1 aromatic heterocycles. The Balaban J connectivity index is 1.77. The molecule has 2 fully saturated rings. The Labute approximate surface area is 87.4 Å². The molecule has 0 aromatic carbocycles. The summed E-state index contributed by atoms with van der Waals surface area (Å²) in [4.78, 5) is 6.39. The van der Waals surface area contributed by atoms with Crippen LogP contribution in [0.2, 0.25) is 0 Å². The maximum Gasteiger partial charge on any atom is 0.266 e. The van der Waals surface area contributed by atoms with Crippen LogP contribution in [0.1, 0.15) is 18.7 Å². The van der Waals surface area contributed by atoms with E-state index < -0.39 is 0 Å². The molecule has 15 heavy (non-hydrogen) atoms. The van der Waals surface area contributed by atoms with Crippen molar-refractivity contribution in [2.24, 2.45) is 5.73 Å². The van der Waals surface area contributed by atoms with Gasteiger partial charge in [-0.3, -0.25) is 0 Å². The first-order valence-corrected chi connectivity index (χ1v) is 5.24. The number of nitrogens with two attached hydrogens (primary N) is 1. The molecular formula is C9H14N4O2. The molecule has 2 N–H and O–H groups in total. The molecule has 1 aliphatic heterocycles. The molecule has 0 amide bonds. The lowest BCUT2D eigenvalue weighted by Gasteiger charge is -2.24. The molecule has 0 unspecified atom stereocenters. The fraction of sp³-hybridized carbons (Fsp3) is 0.778. The molecule has 0 atom stereocenters. The van der Waals surface area contributed by atoms with Crippen molar-refractivity contribution in [3.8, 4) is 0 Å². The maximum atomic E-state index is 5.97. The summed E-state index contributed by atoms with van der Waals surface area (Å²) in [6.45, 7) is 3.07. The van der Waals surface area contributed by atoms with E-state index in [1.54, 1.807) is 0 Å². The minimum absolute atomic E-state index is 0.336. The normalized spacial score (nSPS) is 24.2. The maximum absolute atomic E-state index is 5.97. The van der Waals surface area contributed by atoms with Gasteiger partial charge in [0.1, 0.15) is 0 Å². The Bertz CT molecular complexity index is 355. The van der Waals surface area contributed by atoms with Crippen molar-refractivity contribution in [3.63, 3.8) is 0 Å². The summed E-state index contributed by atoms with van der Waals surface area (Å²) in [7, 11) is 0. The average Bonchev–Trinajstić information content (AvgIpc) is 2.85. The van der Waals surface area contributed by atoms with E-state index in [9.17, 15) is 0 Å². The van der Waals surface area contributed by atoms with Crippen molar-refractivity contribution in [3.05, 3.63) is 5.89 Å². The quantitative estimate of drug-likeness (QED) is 0.731. The van der Waals surface area contributed by atoms with Crippen LogP contribution in [0.4, 0.5) is 5.95 Å². The van der Waals surface area contributed by atoms with E-state index in [4.69, 9.17) is 15.0 Å². The number of anilines is 1. The van der Waals surface area contributed by atoms with Crippen molar-refractivity contribution in [2.45, 2.75) is 18.4 Å². The zero-order valence-corrected chi connectivity index (χ0v) is 8.48. The van der Waals surface area contributed by atoms with Crippen LogP contribution in [0.3, 0.4) is 0 Å². The second kappa shape index (κ2) is 3.18. The van der Waals surface area contributed by atoms with E-state index in [1.807, 2.05) is 0 Å². The summed E-state index contributed by atoms with van der Waals surface area (Å²) in [5.74, 6) is 1.22. The molecule has 0 bridgehead atoms. The summed E-state index contributed by atoms with van der Waals surface area (Å²) >= 11 is 0. The van der Waals surface area contributed by atoms with Crippen LogP contribution < -0.4 is 10.6 Å². The minimum Gasteiger partial charge on any atom is -0.378 e. The summed E-state index contributed by atoms with van der Waals surface area (Å²) in [5.41, 5.74) is 5.64. The largest absolute Gasteiger partial charge is 0.378 e.